The lowest BCUT2D eigenvalue weighted by molar-refractivity contribution is -0.141. The number of esters is 1. The first kappa shape index (κ1) is 20.9. The van der Waals surface area contributed by atoms with Gasteiger partial charge in [0.25, 0.3) is 0 Å². The Kier molecular flexibility index (Phi) is 5.96. The molecule has 154 valence electrons. The number of carbonyl (C=O) groups is 2. The molecule has 0 radical (unpaired) electrons. The molecule has 3 rings (SSSR count). The van der Waals surface area contributed by atoms with Crippen molar-refractivity contribution < 1.29 is 19.1 Å². The van der Waals surface area contributed by atoms with Gasteiger partial charge in [-0.1, -0.05) is 50.6 Å². The van der Waals surface area contributed by atoms with E-state index in [9.17, 15) is 9.59 Å². The van der Waals surface area contributed by atoms with Crippen molar-refractivity contribution >= 4 is 17.6 Å². The van der Waals surface area contributed by atoms with Crippen LogP contribution in [0, 0.1) is 6.92 Å². The fraction of sp³-hybridized carbons (Fsp3) is 0.417. The standard InChI is InChI=1S/C24H29NO4/c1-16-6-11-21-20(12-16)24(3,4)14-22(26)25(21)15-29-19-9-7-18(8-10-19)17(2)13-23(27)28-5/h6-12,17H,13-15H2,1-5H3. The highest BCUT2D eigenvalue weighted by atomic mass is 16.5. The molecule has 0 saturated heterocycles. The van der Waals surface area contributed by atoms with Gasteiger partial charge in [0.2, 0.25) is 5.91 Å². The van der Waals surface area contributed by atoms with Gasteiger partial charge in [0.15, 0.2) is 6.73 Å². The number of fused-ring (bicyclic) bond motifs is 1. The Balaban J connectivity index is 1.71. The molecule has 1 atom stereocenters. The number of rotatable bonds is 6. The minimum atomic E-state index is -0.224. The molecule has 0 spiro atoms. The first-order valence-electron chi connectivity index (χ1n) is 9.92. The molecule has 2 aromatic rings. The van der Waals surface area contributed by atoms with Crippen LogP contribution >= 0.6 is 0 Å². The highest BCUT2D eigenvalue weighted by Crippen LogP contribution is 2.40. The average Bonchev–Trinajstić information content (AvgIpc) is 2.68. The molecule has 0 aliphatic carbocycles. The fourth-order valence-electron chi connectivity index (χ4n) is 3.75. The summed E-state index contributed by atoms with van der Waals surface area (Å²) in [5.41, 5.74) is 4.13. The Morgan fingerprint density at radius 3 is 2.52 bits per heavy atom. The van der Waals surface area contributed by atoms with Crippen LogP contribution in [0.4, 0.5) is 5.69 Å². The predicted molar refractivity (Wildman–Crippen MR) is 113 cm³/mol. The van der Waals surface area contributed by atoms with Gasteiger partial charge >= 0.3 is 5.97 Å². The number of carbonyl (C=O) groups excluding carboxylic acids is 2. The molecule has 1 amide bonds. The summed E-state index contributed by atoms with van der Waals surface area (Å²) in [4.78, 5) is 25.9. The van der Waals surface area contributed by atoms with Gasteiger partial charge in [-0.3, -0.25) is 14.5 Å². The average molecular weight is 395 g/mol. The molecule has 0 bridgehead atoms. The SMILES string of the molecule is COC(=O)CC(C)c1ccc(OCN2C(=O)CC(C)(C)c3cc(C)ccc32)cc1. The van der Waals surface area contributed by atoms with Crippen LogP contribution in [0.1, 0.15) is 56.2 Å². The van der Waals surface area contributed by atoms with Crippen LogP contribution in [0.5, 0.6) is 5.75 Å². The number of anilines is 1. The quantitative estimate of drug-likeness (QED) is 0.665. The van der Waals surface area contributed by atoms with Crippen molar-refractivity contribution in [2.24, 2.45) is 0 Å². The Labute approximate surface area is 172 Å². The second-order valence-electron chi connectivity index (χ2n) is 8.43. The Bertz CT molecular complexity index is 902. The van der Waals surface area contributed by atoms with Gasteiger partial charge in [0.05, 0.1) is 19.2 Å². The van der Waals surface area contributed by atoms with Crippen molar-refractivity contribution in [2.75, 3.05) is 18.7 Å². The number of amides is 1. The minimum Gasteiger partial charge on any atom is -0.473 e. The number of benzene rings is 2. The summed E-state index contributed by atoms with van der Waals surface area (Å²) in [5, 5.41) is 0. The maximum atomic E-state index is 12.8. The third-order valence-corrected chi connectivity index (χ3v) is 5.58. The molecule has 5 heteroatoms. The molecule has 2 aromatic carbocycles. The summed E-state index contributed by atoms with van der Waals surface area (Å²) in [5.74, 6) is 0.593. The maximum Gasteiger partial charge on any atom is 0.306 e. The van der Waals surface area contributed by atoms with E-state index in [1.54, 1.807) is 4.90 Å². The van der Waals surface area contributed by atoms with E-state index >= 15 is 0 Å². The minimum absolute atomic E-state index is 0.0645. The monoisotopic (exact) mass is 395 g/mol. The topological polar surface area (TPSA) is 55.8 Å². The lowest BCUT2D eigenvalue weighted by Gasteiger charge is -2.38. The smallest absolute Gasteiger partial charge is 0.306 e. The van der Waals surface area contributed by atoms with E-state index < -0.39 is 0 Å². The van der Waals surface area contributed by atoms with E-state index in [4.69, 9.17) is 9.47 Å². The molecule has 5 nitrogen and oxygen atoms in total. The molecule has 1 aliphatic rings. The number of nitrogens with zero attached hydrogens (tertiary/aromatic N) is 1. The fourth-order valence-corrected chi connectivity index (χ4v) is 3.75. The van der Waals surface area contributed by atoms with Crippen molar-refractivity contribution in [3.05, 3.63) is 59.2 Å². The van der Waals surface area contributed by atoms with E-state index in [0.717, 1.165) is 11.3 Å². The van der Waals surface area contributed by atoms with Crippen molar-refractivity contribution in [1.29, 1.82) is 0 Å². The van der Waals surface area contributed by atoms with Crippen LogP contribution in [0.2, 0.25) is 0 Å². The zero-order chi connectivity index (χ0) is 21.2. The molecule has 1 unspecified atom stereocenters. The zero-order valence-electron chi connectivity index (χ0n) is 17.8. The number of methoxy groups -OCH3 is 1. The zero-order valence-corrected chi connectivity index (χ0v) is 17.8. The third kappa shape index (κ3) is 4.61. The molecular weight excluding hydrogens is 366 g/mol. The van der Waals surface area contributed by atoms with Gasteiger partial charge in [-0.05, 0) is 42.2 Å². The lowest BCUT2D eigenvalue weighted by atomic mass is 9.77. The number of hydrogen-bond acceptors (Lipinski definition) is 4. The van der Waals surface area contributed by atoms with E-state index in [2.05, 4.69) is 26.8 Å². The second-order valence-corrected chi connectivity index (χ2v) is 8.43. The highest BCUT2D eigenvalue weighted by Gasteiger charge is 2.36. The molecule has 0 aromatic heterocycles. The summed E-state index contributed by atoms with van der Waals surface area (Å²) in [6.07, 6.45) is 0.793. The maximum absolute atomic E-state index is 12.8. The molecule has 1 aliphatic heterocycles. The van der Waals surface area contributed by atoms with E-state index in [1.165, 1.54) is 18.2 Å². The van der Waals surface area contributed by atoms with Gasteiger partial charge in [0, 0.05) is 11.8 Å². The van der Waals surface area contributed by atoms with Crippen molar-refractivity contribution in [3.63, 3.8) is 0 Å². The lowest BCUT2D eigenvalue weighted by Crippen LogP contribution is -2.43. The van der Waals surface area contributed by atoms with Crippen LogP contribution in [-0.4, -0.2) is 25.7 Å². The van der Waals surface area contributed by atoms with Crippen LogP contribution < -0.4 is 9.64 Å². The van der Waals surface area contributed by atoms with Crippen LogP contribution in [0.3, 0.4) is 0 Å². The molecule has 0 saturated carbocycles. The molecular formula is C24H29NO4. The highest BCUT2D eigenvalue weighted by molar-refractivity contribution is 5.97. The van der Waals surface area contributed by atoms with E-state index in [0.29, 0.717) is 18.6 Å². The molecule has 0 N–H and O–H groups in total. The summed E-state index contributed by atoms with van der Waals surface area (Å²) in [7, 11) is 1.40. The summed E-state index contributed by atoms with van der Waals surface area (Å²) >= 11 is 0. The van der Waals surface area contributed by atoms with Crippen LogP contribution in [-0.2, 0) is 19.7 Å². The molecule has 0 fully saturated rings. The first-order valence-corrected chi connectivity index (χ1v) is 9.92. The third-order valence-electron chi connectivity index (χ3n) is 5.58. The second kappa shape index (κ2) is 8.27. The Hall–Kier alpha value is -2.82. The van der Waals surface area contributed by atoms with E-state index in [1.807, 2.05) is 43.3 Å². The first-order chi connectivity index (χ1) is 13.7. The predicted octanol–water partition coefficient (Wildman–Crippen LogP) is 4.71. The summed E-state index contributed by atoms with van der Waals surface area (Å²) in [6.45, 7) is 8.43. The van der Waals surface area contributed by atoms with Crippen molar-refractivity contribution in [3.8, 4) is 5.75 Å². The summed E-state index contributed by atoms with van der Waals surface area (Å²) in [6, 6.07) is 13.8. The normalized spacial score (nSPS) is 16.2. The summed E-state index contributed by atoms with van der Waals surface area (Å²) < 4.78 is 10.7. The van der Waals surface area contributed by atoms with Crippen LogP contribution in [0.15, 0.2) is 42.5 Å². The van der Waals surface area contributed by atoms with Crippen molar-refractivity contribution in [1.82, 2.24) is 0 Å². The largest absolute Gasteiger partial charge is 0.473 e. The van der Waals surface area contributed by atoms with Gasteiger partial charge in [-0.2, -0.15) is 0 Å². The number of hydrogen-bond donors (Lipinski definition) is 0. The van der Waals surface area contributed by atoms with Gasteiger partial charge in [0.1, 0.15) is 5.75 Å². The molecule has 29 heavy (non-hydrogen) atoms. The van der Waals surface area contributed by atoms with Gasteiger partial charge in [-0.25, -0.2) is 0 Å². The number of ether oxygens (including phenoxy) is 2. The van der Waals surface area contributed by atoms with Gasteiger partial charge < -0.3 is 9.47 Å². The van der Waals surface area contributed by atoms with E-state index in [-0.39, 0.29) is 29.9 Å². The Morgan fingerprint density at radius 1 is 1.17 bits per heavy atom. The van der Waals surface area contributed by atoms with Crippen molar-refractivity contribution in [2.45, 2.75) is 51.9 Å². The number of aryl methyl sites for hydroxylation is 1. The van der Waals surface area contributed by atoms with Crippen LogP contribution in [0.25, 0.3) is 0 Å². The Morgan fingerprint density at radius 2 is 1.86 bits per heavy atom. The van der Waals surface area contributed by atoms with Gasteiger partial charge in [-0.15, -0.1) is 0 Å². The molecule has 1 heterocycles.